The molecule has 9 heteroatoms. The maximum absolute atomic E-state index is 13.0. The van der Waals surface area contributed by atoms with Crippen molar-refractivity contribution in [3.63, 3.8) is 0 Å². The quantitative estimate of drug-likeness (QED) is 0.705. The Morgan fingerprint density at radius 2 is 1.93 bits per heavy atom. The van der Waals surface area contributed by atoms with Gasteiger partial charge in [-0.2, -0.15) is 0 Å². The molecule has 0 aromatic heterocycles. The van der Waals surface area contributed by atoms with Crippen LogP contribution in [-0.4, -0.2) is 74.0 Å². The van der Waals surface area contributed by atoms with Gasteiger partial charge in [-0.3, -0.25) is 14.5 Å². The fourth-order valence-electron chi connectivity index (χ4n) is 4.17. The van der Waals surface area contributed by atoms with E-state index in [1.807, 2.05) is 12.1 Å². The average molecular weight is 409 g/mol. The molecule has 1 aromatic rings. The van der Waals surface area contributed by atoms with E-state index in [9.17, 15) is 18.0 Å². The zero-order valence-corrected chi connectivity index (χ0v) is 17.3. The first kappa shape index (κ1) is 20.8. The third-order valence-corrected chi connectivity index (χ3v) is 6.08. The van der Waals surface area contributed by atoms with E-state index in [0.717, 1.165) is 6.26 Å². The molecule has 28 heavy (non-hydrogen) atoms. The summed E-state index contributed by atoms with van der Waals surface area (Å²) in [6.45, 7) is 5.52. The number of nitrogens with zero attached hydrogens (tertiary/aromatic N) is 2. The molecule has 8 nitrogen and oxygen atoms in total. The van der Waals surface area contributed by atoms with Gasteiger partial charge >= 0.3 is 0 Å². The summed E-state index contributed by atoms with van der Waals surface area (Å²) >= 11 is 0. The molecule has 0 bridgehead atoms. The van der Waals surface area contributed by atoms with Crippen LogP contribution >= 0.6 is 0 Å². The van der Waals surface area contributed by atoms with Crippen LogP contribution in [0.4, 0.5) is 0 Å². The Balaban J connectivity index is 1.82. The highest BCUT2D eigenvalue weighted by molar-refractivity contribution is 7.88. The predicted molar refractivity (Wildman–Crippen MR) is 106 cm³/mol. The molecular weight excluding hydrogens is 380 g/mol. The first-order chi connectivity index (χ1) is 13.1. The van der Waals surface area contributed by atoms with Gasteiger partial charge in [0.1, 0.15) is 6.04 Å². The second-order valence-electron chi connectivity index (χ2n) is 7.84. The fraction of sp³-hybridized carbons (Fsp3) is 0.579. The monoisotopic (exact) mass is 408 g/mol. The Bertz CT molecular complexity index is 857. The zero-order valence-electron chi connectivity index (χ0n) is 16.5. The Kier molecular flexibility index (Phi) is 6.07. The van der Waals surface area contributed by atoms with Crippen molar-refractivity contribution in [3.8, 4) is 0 Å². The highest BCUT2D eigenvalue weighted by Gasteiger charge is 2.42. The van der Waals surface area contributed by atoms with Crippen LogP contribution in [-0.2, 0) is 26.2 Å². The van der Waals surface area contributed by atoms with Gasteiger partial charge in [-0.05, 0) is 24.5 Å². The Morgan fingerprint density at radius 3 is 2.57 bits per heavy atom. The van der Waals surface area contributed by atoms with Crippen LogP contribution in [0.2, 0.25) is 0 Å². The SMILES string of the molecule is CC(=O)N[C@H]1CN(Cc2ccccc2C)C[C@@H]2C[C@H](NS(C)(=O)=O)CN2C1=O. The van der Waals surface area contributed by atoms with Crippen LogP contribution in [0.3, 0.4) is 0 Å². The van der Waals surface area contributed by atoms with Crippen molar-refractivity contribution >= 4 is 21.8 Å². The fourth-order valence-corrected chi connectivity index (χ4v) is 4.94. The van der Waals surface area contributed by atoms with Gasteiger partial charge in [0.25, 0.3) is 0 Å². The molecule has 2 amide bonds. The number of carbonyl (C=O) groups is 2. The third-order valence-electron chi connectivity index (χ3n) is 5.32. The maximum Gasteiger partial charge on any atom is 0.246 e. The molecule has 0 spiro atoms. The summed E-state index contributed by atoms with van der Waals surface area (Å²) in [6, 6.07) is 7.07. The van der Waals surface area contributed by atoms with Gasteiger partial charge in [0.2, 0.25) is 21.8 Å². The Labute approximate surface area is 166 Å². The van der Waals surface area contributed by atoms with Crippen molar-refractivity contribution < 1.29 is 18.0 Å². The molecular formula is C19H28N4O4S. The van der Waals surface area contributed by atoms with Gasteiger partial charge < -0.3 is 10.2 Å². The molecule has 2 heterocycles. The van der Waals surface area contributed by atoms with Gasteiger partial charge in [0, 0.05) is 45.2 Å². The van der Waals surface area contributed by atoms with E-state index < -0.39 is 16.1 Å². The van der Waals surface area contributed by atoms with E-state index in [4.69, 9.17) is 0 Å². The van der Waals surface area contributed by atoms with Crippen LogP contribution < -0.4 is 10.0 Å². The van der Waals surface area contributed by atoms with Crippen molar-refractivity contribution in [3.05, 3.63) is 35.4 Å². The summed E-state index contributed by atoms with van der Waals surface area (Å²) < 4.78 is 25.8. The van der Waals surface area contributed by atoms with Crippen LogP contribution in [0, 0.1) is 6.92 Å². The van der Waals surface area contributed by atoms with E-state index in [0.29, 0.717) is 32.6 Å². The second kappa shape index (κ2) is 8.18. The van der Waals surface area contributed by atoms with Crippen LogP contribution in [0.1, 0.15) is 24.5 Å². The minimum Gasteiger partial charge on any atom is -0.343 e. The lowest BCUT2D eigenvalue weighted by Crippen LogP contribution is -2.51. The number of nitrogens with one attached hydrogen (secondary N) is 2. The lowest BCUT2D eigenvalue weighted by atomic mass is 10.1. The summed E-state index contributed by atoms with van der Waals surface area (Å²) in [5.74, 6) is -0.400. The standard InChI is InChI=1S/C19H28N4O4S/c1-13-6-4-5-7-15(13)9-22-11-17-8-16(21-28(3,26)27)10-23(17)19(25)18(12-22)20-14(2)24/h4-7,16-18,21H,8-12H2,1-3H3,(H,20,24)/t16-,17-,18-/m0/s1. The molecule has 2 aliphatic heterocycles. The summed E-state index contributed by atoms with van der Waals surface area (Å²) in [6.07, 6.45) is 1.69. The number of benzene rings is 1. The first-order valence-electron chi connectivity index (χ1n) is 9.44. The molecule has 1 aromatic carbocycles. The second-order valence-corrected chi connectivity index (χ2v) is 9.62. The molecule has 0 aliphatic carbocycles. The predicted octanol–water partition coefficient (Wildman–Crippen LogP) is -0.166. The Morgan fingerprint density at radius 1 is 1.21 bits per heavy atom. The number of hydrogen-bond donors (Lipinski definition) is 2. The molecule has 2 fully saturated rings. The van der Waals surface area contributed by atoms with Gasteiger partial charge in [-0.1, -0.05) is 24.3 Å². The largest absolute Gasteiger partial charge is 0.343 e. The molecule has 2 aliphatic rings. The summed E-state index contributed by atoms with van der Waals surface area (Å²) in [5.41, 5.74) is 2.35. The van der Waals surface area contributed by atoms with E-state index in [2.05, 4.69) is 34.0 Å². The topological polar surface area (TPSA) is 98.8 Å². The zero-order chi connectivity index (χ0) is 20.5. The van der Waals surface area contributed by atoms with Crippen molar-refractivity contribution in [2.75, 3.05) is 25.9 Å². The number of carbonyl (C=O) groups excluding carboxylic acids is 2. The van der Waals surface area contributed by atoms with E-state index in [1.54, 1.807) is 4.90 Å². The number of sulfonamides is 1. The maximum atomic E-state index is 13.0. The molecule has 3 rings (SSSR count). The number of rotatable bonds is 5. The molecule has 154 valence electrons. The van der Waals surface area contributed by atoms with Crippen molar-refractivity contribution in [1.82, 2.24) is 19.8 Å². The number of fused-ring (bicyclic) bond motifs is 1. The third kappa shape index (κ3) is 5.09. The van der Waals surface area contributed by atoms with Crippen LogP contribution in [0.25, 0.3) is 0 Å². The molecule has 0 saturated carbocycles. The number of amides is 2. The summed E-state index contributed by atoms with van der Waals surface area (Å²) in [4.78, 5) is 28.6. The lowest BCUT2D eigenvalue weighted by molar-refractivity contribution is -0.135. The van der Waals surface area contributed by atoms with Crippen molar-refractivity contribution in [2.45, 2.75) is 44.9 Å². The Hall–Kier alpha value is -1.97. The van der Waals surface area contributed by atoms with Gasteiger partial charge in [-0.25, -0.2) is 13.1 Å². The smallest absolute Gasteiger partial charge is 0.246 e. The van der Waals surface area contributed by atoms with Crippen molar-refractivity contribution in [2.24, 2.45) is 0 Å². The summed E-state index contributed by atoms with van der Waals surface area (Å²) in [7, 11) is -3.35. The van der Waals surface area contributed by atoms with Crippen LogP contribution in [0.5, 0.6) is 0 Å². The molecule has 2 saturated heterocycles. The molecule has 0 unspecified atom stereocenters. The number of aryl methyl sites for hydroxylation is 1. The van der Waals surface area contributed by atoms with E-state index in [1.165, 1.54) is 18.1 Å². The van der Waals surface area contributed by atoms with Gasteiger partial charge in [-0.15, -0.1) is 0 Å². The minimum absolute atomic E-state index is 0.0884. The molecule has 2 N–H and O–H groups in total. The van der Waals surface area contributed by atoms with Gasteiger partial charge in [0.15, 0.2) is 0 Å². The van der Waals surface area contributed by atoms with Gasteiger partial charge in [0.05, 0.1) is 6.26 Å². The normalized spacial score (nSPS) is 26.0. The summed E-state index contributed by atoms with van der Waals surface area (Å²) in [5, 5.41) is 2.77. The van der Waals surface area contributed by atoms with E-state index >= 15 is 0 Å². The lowest BCUT2D eigenvalue weighted by Gasteiger charge is -2.25. The number of hydrogen-bond acceptors (Lipinski definition) is 5. The molecule has 0 radical (unpaired) electrons. The highest BCUT2D eigenvalue weighted by atomic mass is 32.2. The van der Waals surface area contributed by atoms with Crippen LogP contribution in [0.15, 0.2) is 24.3 Å². The van der Waals surface area contributed by atoms with E-state index in [-0.39, 0.29) is 23.9 Å². The first-order valence-corrected chi connectivity index (χ1v) is 11.3. The minimum atomic E-state index is -3.35. The molecule has 3 atom stereocenters. The average Bonchev–Trinajstić information content (AvgIpc) is 2.90. The highest BCUT2D eigenvalue weighted by Crippen LogP contribution is 2.25. The van der Waals surface area contributed by atoms with Crippen molar-refractivity contribution in [1.29, 1.82) is 0 Å².